The van der Waals surface area contributed by atoms with Crippen LogP contribution < -0.4 is 10.6 Å². The van der Waals surface area contributed by atoms with Crippen molar-refractivity contribution in [2.45, 2.75) is 37.1 Å². The Morgan fingerprint density at radius 3 is 2.53 bits per heavy atom. The molecule has 162 valence electrons. The van der Waals surface area contributed by atoms with Gasteiger partial charge in [0.1, 0.15) is 10.8 Å². The summed E-state index contributed by atoms with van der Waals surface area (Å²) in [4.78, 5) is 36.1. The summed E-state index contributed by atoms with van der Waals surface area (Å²) in [6.07, 6.45) is 4.41. The molecule has 11 heteroatoms. The Balaban J connectivity index is 1.74. The summed E-state index contributed by atoms with van der Waals surface area (Å²) in [5, 5.41) is 6.21. The van der Waals surface area contributed by atoms with Gasteiger partial charge in [0.25, 0.3) is 5.91 Å². The molecule has 30 heavy (non-hydrogen) atoms. The molecule has 2 aromatic heterocycles. The highest BCUT2D eigenvalue weighted by Crippen LogP contribution is 2.29. The number of hydrogen-bond donors (Lipinski definition) is 2. The molecule has 0 saturated carbocycles. The Kier molecular flexibility index (Phi) is 7.56. The zero-order valence-electron chi connectivity index (χ0n) is 17.0. The third kappa shape index (κ3) is 5.63. The van der Waals surface area contributed by atoms with E-state index in [4.69, 9.17) is 11.6 Å². The Hall–Kier alpha value is -1.88. The maximum Gasteiger partial charge on any atom is 0.278 e. The molecule has 0 radical (unpaired) electrons. The highest BCUT2D eigenvalue weighted by Gasteiger charge is 2.28. The van der Waals surface area contributed by atoms with Crippen molar-refractivity contribution < 1.29 is 13.8 Å². The molecule has 1 aliphatic heterocycles. The van der Waals surface area contributed by atoms with E-state index >= 15 is 0 Å². The number of nitrogens with zero attached hydrogens (tertiary/aromatic N) is 3. The van der Waals surface area contributed by atoms with Gasteiger partial charge >= 0.3 is 0 Å². The summed E-state index contributed by atoms with van der Waals surface area (Å²) in [7, 11) is -1.38. The highest BCUT2D eigenvalue weighted by atomic mass is 35.5. The van der Waals surface area contributed by atoms with E-state index in [9.17, 15) is 13.8 Å². The molecule has 2 amide bonds. The van der Waals surface area contributed by atoms with E-state index in [-0.39, 0.29) is 21.9 Å². The van der Waals surface area contributed by atoms with Gasteiger partial charge in [0.15, 0.2) is 10.0 Å². The quantitative estimate of drug-likeness (QED) is 0.673. The number of anilines is 2. The molecule has 1 saturated heterocycles. The largest absolute Gasteiger partial charge is 0.315 e. The lowest BCUT2D eigenvalue weighted by Gasteiger charge is -2.33. The molecule has 1 atom stereocenters. The maximum absolute atomic E-state index is 12.8. The van der Waals surface area contributed by atoms with E-state index in [0.717, 1.165) is 37.3 Å². The van der Waals surface area contributed by atoms with Crippen molar-refractivity contribution in [3.05, 3.63) is 29.0 Å². The van der Waals surface area contributed by atoms with Crippen molar-refractivity contribution in [2.24, 2.45) is 5.92 Å². The van der Waals surface area contributed by atoms with E-state index in [0.29, 0.717) is 21.9 Å². The second-order valence-corrected chi connectivity index (χ2v) is 10.3. The number of pyridine rings is 1. The zero-order chi connectivity index (χ0) is 21.8. The van der Waals surface area contributed by atoms with Crippen molar-refractivity contribution in [2.75, 3.05) is 30.0 Å². The fraction of sp³-hybridized carbons (Fsp3) is 0.474. The topological polar surface area (TPSA) is 104 Å². The minimum absolute atomic E-state index is 0.0231. The summed E-state index contributed by atoms with van der Waals surface area (Å²) in [6.45, 7) is 6.01. The van der Waals surface area contributed by atoms with E-state index in [1.54, 1.807) is 12.1 Å². The van der Waals surface area contributed by atoms with Gasteiger partial charge in [0, 0.05) is 24.4 Å². The van der Waals surface area contributed by atoms with E-state index < -0.39 is 16.7 Å². The van der Waals surface area contributed by atoms with Crippen LogP contribution in [-0.2, 0) is 15.6 Å². The number of hydrogen-bond acceptors (Lipinski definition) is 7. The predicted molar refractivity (Wildman–Crippen MR) is 120 cm³/mol. The SMILES string of the molecule is CC(C)N1CCC(C(=O)Nc2sc(S(C)=O)nc2C(=O)Nc2ccc(Cl)cn2)CC1. The Labute approximate surface area is 186 Å². The number of carbonyl (C=O) groups is 2. The standard InChI is InChI=1S/C19H24ClN5O3S2/c1-11(2)25-8-6-12(7-9-25)16(26)24-18-15(23-19(29-18)30(3)28)17(27)22-14-5-4-13(20)10-21-14/h4-5,10-12H,6-9H2,1-3H3,(H,24,26)(H,21,22,27). The number of rotatable bonds is 6. The number of carbonyl (C=O) groups excluding carboxylic acids is 2. The van der Waals surface area contributed by atoms with Gasteiger partial charge < -0.3 is 15.5 Å². The first kappa shape index (κ1) is 22.8. The average Bonchev–Trinajstić information content (AvgIpc) is 3.14. The Morgan fingerprint density at radius 2 is 1.97 bits per heavy atom. The van der Waals surface area contributed by atoms with Crippen LogP contribution in [0.15, 0.2) is 22.7 Å². The molecule has 1 unspecified atom stereocenters. The summed E-state index contributed by atoms with van der Waals surface area (Å²) in [5.41, 5.74) is 0.0231. The monoisotopic (exact) mass is 469 g/mol. The summed E-state index contributed by atoms with van der Waals surface area (Å²) in [5.74, 6) is -0.515. The first-order chi connectivity index (χ1) is 14.2. The smallest absolute Gasteiger partial charge is 0.278 e. The maximum atomic E-state index is 12.8. The molecule has 0 aliphatic carbocycles. The fourth-order valence-corrected chi connectivity index (χ4v) is 4.93. The molecular weight excluding hydrogens is 446 g/mol. The van der Waals surface area contributed by atoms with E-state index in [2.05, 4.69) is 39.3 Å². The minimum Gasteiger partial charge on any atom is -0.315 e. The van der Waals surface area contributed by atoms with Crippen LogP contribution in [0.5, 0.6) is 0 Å². The lowest BCUT2D eigenvalue weighted by molar-refractivity contribution is -0.121. The van der Waals surface area contributed by atoms with Gasteiger partial charge in [-0.05, 0) is 51.9 Å². The van der Waals surface area contributed by atoms with Gasteiger partial charge in [-0.2, -0.15) is 0 Å². The molecule has 0 aromatic carbocycles. The van der Waals surface area contributed by atoms with Crippen molar-refractivity contribution in [3.8, 4) is 0 Å². The molecule has 2 aromatic rings. The van der Waals surface area contributed by atoms with Gasteiger partial charge in [0.05, 0.1) is 15.8 Å². The first-order valence-corrected chi connectivity index (χ1v) is 12.3. The van der Waals surface area contributed by atoms with Crippen LogP contribution >= 0.6 is 22.9 Å². The third-order valence-corrected chi connectivity index (χ3v) is 7.43. The lowest BCUT2D eigenvalue weighted by atomic mass is 9.95. The number of nitrogens with one attached hydrogen (secondary N) is 2. The molecule has 3 heterocycles. The second kappa shape index (κ2) is 9.95. The molecular formula is C19H24ClN5O3S2. The number of aromatic nitrogens is 2. The fourth-order valence-electron chi connectivity index (χ4n) is 3.18. The zero-order valence-corrected chi connectivity index (χ0v) is 19.4. The first-order valence-electron chi connectivity index (χ1n) is 9.56. The normalized spacial score (nSPS) is 16.4. The average molecular weight is 470 g/mol. The Morgan fingerprint density at radius 1 is 1.27 bits per heavy atom. The van der Waals surface area contributed by atoms with Crippen molar-refractivity contribution in [3.63, 3.8) is 0 Å². The predicted octanol–water partition coefficient (Wildman–Crippen LogP) is 3.24. The lowest BCUT2D eigenvalue weighted by Crippen LogP contribution is -2.41. The molecule has 3 rings (SSSR count). The summed E-state index contributed by atoms with van der Waals surface area (Å²) >= 11 is 6.87. The van der Waals surface area contributed by atoms with Crippen LogP contribution in [0.3, 0.4) is 0 Å². The summed E-state index contributed by atoms with van der Waals surface area (Å²) < 4.78 is 12.2. The van der Waals surface area contributed by atoms with Crippen LogP contribution in [0.1, 0.15) is 37.2 Å². The molecule has 2 N–H and O–H groups in total. The van der Waals surface area contributed by atoms with Gasteiger partial charge in [-0.3, -0.25) is 13.8 Å². The molecule has 1 fully saturated rings. The van der Waals surface area contributed by atoms with Crippen LogP contribution in [0, 0.1) is 5.92 Å². The Bertz CT molecular complexity index is 940. The van der Waals surface area contributed by atoms with Crippen LogP contribution in [0.2, 0.25) is 5.02 Å². The molecule has 0 spiro atoms. The summed E-state index contributed by atoms with van der Waals surface area (Å²) in [6, 6.07) is 3.62. The number of piperidine rings is 1. The molecule has 8 nitrogen and oxygen atoms in total. The molecule has 1 aliphatic rings. The van der Waals surface area contributed by atoms with Crippen LogP contribution in [-0.4, -0.2) is 56.3 Å². The van der Waals surface area contributed by atoms with Crippen LogP contribution in [0.25, 0.3) is 0 Å². The number of amides is 2. The second-order valence-electron chi connectivity index (χ2n) is 7.32. The highest BCUT2D eigenvalue weighted by molar-refractivity contribution is 7.86. The van der Waals surface area contributed by atoms with E-state index in [1.807, 2.05) is 0 Å². The third-order valence-electron chi connectivity index (χ3n) is 4.90. The van der Waals surface area contributed by atoms with Crippen LogP contribution in [0.4, 0.5) is 10.8 Å². The number of likely N-dealkylation sites (tertiary alicyclic amines) is 1. The van der Waals surface area contributed by atoms with Crippen molar-refractivity contribution in [1.82, 2.24) is 14.9 Å². The number of halogens is 1. The van der Waals surface area contributed by atoms with Crippen molar-refractivity contribution in [1.29, 1.82) is 0 Å². The van der Waals surface area contributed by atoms with Gasteiger partial charge in [-0.25, -0.2) is 9.97 Å². The minimum atomic E-state index is -1.38. The van der Waals surface area contributed by atoms with Gasteiger partial charge in [-0.15, -0.1) is 0 Å². The van der Waals surface area contributed by atoms with Crippen molar-refractivity contribution >= 4 is 56.4 Å². The van der Waals surface area contributed by atoms with Gasteiger partial charge in [0.2, 0.25) is 5.91 Å². The van der Waals surface area contributed by atoms with E-state index in [1.165, 1.54) is 12.5 Å². The van der Waals surface area contributed by atoms with Gasteiger partial charge in [-0.1, -0.05) is 22.9 Å². The molecule has 0 bridgehead atoms. The number of thiazole rings is 1.